The summed E-state index contributed by atoms with van der Waals surface area (Å²) in [7, 11) is 0. The zero-order valence-electron chi connectivity index (χ0n) is 18.9. The summed E-state index contributed by atoms with van der Waals surface area (Å²) in [5.74, 6) is -2.89. The van der Waals surface area contributed by atoms with E-state index in [1.165, 1.54) is 18.2 Å². The van der Waals surface area contributed by atoms with Crippen LogP contribution < -0.4 is 4.74 Å². The van der Waals surface area contributed by atoms with Crippen molar-refractivity contribution in [3.8, 4) is 5.75 Å². The highest BCUT2D eigenvalue weighted by Crippen LogP contribution is 2.38. The summed E-state index contributed by atoms with van der Waals surface area (Å²) in [6, 6.07) is 11.4. The van der Waals surface area contributed by atoms with Crippen molar-refractivity contribution in [2.24, 2.45) is 0 Å². The van der Waals surface area contributed by atoms with Crippen LogP contribution in [0.3, 0.4) is 0 Å². The minimum atomic E-state index is -2.38. The SMILES string of the molecule is O=C(O)C1(Oc2ccc(Cc3cc([C@]4(O)O[C@H](CO)[C@@H](O)[C@H](O)[C@H]4O)ccc3Cl)cc2)CCCC1. The Morgan fingerprint density at radius 3 is 2.31 bits per heavy atom. The van der Waals surface area contributed by atoms with E-state index in [4.69, 9.17) is 21.1 Å². The molecule has 0 aromatic heterocycles. The summed E-state index contributed by atoms with van der Waals surface area (Å²) in [5, 5.41) is 61.1. The van der Waals surface area contributed by atoms with Crippen LogP contribution in [0.5, 0.6) is 5.75 Å². The molecule has 0 unspecified atom stereocenters. The van der Waals surface area contributed by atoms with Crippen LogP contribution in [-0.2, 0) is 21.7 Å². The molecule has 6 N–H and O–H groups in total. The minimum absolute atomic E-state index is 0.0957. The fourth-order valence-corrected chi connectivity index (χ4v) is 4.94. The van der Waals surface area contributed by atoms with E-state index in [9.17, 15) is 35.4 Å². The van der Waals surface area contributed by atoms with Crippen LogP contribution in [0.4, 0.5) is 0 Å². The van der Waals surface area contributed by atoms with E-state index >= 15 is 0 Å². The summed E-state index contributed by atoms with van der Waals surface area (Å²) in [6.07, 6.45) is -3.63. The van der Waals surface area contributed by atoms with Crippen molar-refractivity contribution >= 4 is 17.6 Å². The predicted molar refractivity (Wildman–Crippen MR) is 124 cm³/mol. The van der Waals surface area contributed by atoms with Gasteiger partial charge < -0.3 is 40.1 Å². The third-order valence-electron chi connectivity index (χ3n) is 6.86. The van der Waals surface area contributed by atoms with Crippen LogP contribution in [0, 0.1) is 0 Å². The standard InChI is InChI=1S/C25H29ClO9/c26-18-8-5-16(25(33)22(30)21(29)20(28)19(13-27)35-25)12-15(18)11-14-3-6-17(7-4-14)34-24(23(31)32)9-1-2-10-24/h3-8,12,19-22,27-30,33H,1-2,9-11,13H2,(H,31,32)/t19-,20-,21+,22-,25+/m1/s1. The third kappa shape index (κ3) is 4.90. The Morgan fingerprint density at radius 2 is 1.71 bits per heavy atom. The van der Waals surface area contributed by atoms with Gasteiger partial charge in [-0.1, -0.05) is 29.8 Å². The van der Waals surface area contributed by atoms with Crippen molar-refractivity contribution in [2.75, 3.05) is 6.61 Å². The number of carboxylic acids is 1. The Kier molecular flexibility index (Phi) is 7.40. The number of rotatable bonds is 7. The number of hydrogen-bond acceptors (Lipinski definition) is 8. The van der Waals surface area contributed by atoms with Gasteiger partial charge in [0.15, 0.2) is 0 Å². The lowest BCUT2D eigenvalue weighted by Crippen LogP contribution is -2.63. The summed E-state index contributed by atoms with van der Waals surface area (Å²) >= 11 is 6.37. The van der Waals surface area contributed by atoms with Gasteiger partial charge in [0.2, 0.25) is 11.4 Å². The van der Waals surface area contributed by atoms with Gasteiger partial charge in [-0.15, -0.1) is 0 Å². The van der Waals surface area contributed by atoms with Crippen LogP contribution in [0.1, 0.15) is 42.4 Å². The van der Waals surface area contributed by atoms with E-state index in [0.717, 1.165) is 18.4 Å². The number of aliphatic hydroxyl groups is 5. The maximum Gasteiger partial charge on any atom is 0.348 e. The van der Waals surface area contributed by atoms with E-state index in [1.54, 1.807) is 24.3 Å². The number of hydrogen-bond donors (Lipinski definition) is 6. The second-order valence-electron chi connectivity index (χ2n) is 9.20. The lowest BCUT2D eigenvalue weighted by atomic mass is 9.87. The first-order chi connectivity index (χ1) is 16.6. The molecule has 1 aliphatic heterocycles. The summed E-state index contributed by atoms with van der Waals surface area (Å²) in [4.78, 5) is 11.7. The Morgan fingerprint density at radius 1 is 1.06 bits per heavy atom. The first-order valence-corrected chi connectivity index (χ1v) is 11.8. The van der Waals surface area contributed by atoms with Crippen molar-refractivity contribution in [2.45, 2.75) is 67.9 Å². The summed E-state index contributed by atoms with van der Waals surface area (Å²) < 4.78 is 11.2. The second-order valence-corrected chi connectivity index (χ2v) is 9.60. The molecule has 1 aliphatic carbocycles. The fraction of sp³-hybridized carbons (Fsp3) is 0.480. The van der Waals surface area contributed by atoms with Crippen molar-refractivity contribution < 1.29 is 44.9 Å². The molecule has 9 nitrogen and oxygen atoms in total. The quantitative estimate of drug-likeness (QED) is 0.324. The highest BCUT2D eigenvalue weighted by molar-refractivity contribution is 6.31. The number of benzene rings is 2. The van der Waals surface area contributed by atoms with Gasteiger partial charge in [-0.05, 0) is 67.5 Å². The number of halogens is 1. The Hall–Kier alpha value is -2.24. The topological polar surface area (TPSA) is 157 Å². The van der Waals surface area contributed by atoms with Gasteiger partial charge in [-0.3, -0.25) is 0 Å². The van der Waals surface area contributed by atoms with Crippen molar-refractivity contribution in [3.05, 3.63) is 64.2 Å². The van der Waals surface area contributed by atoms with Crippen molar-refractivity contribution in [1.82, 2.24) is 0 Å². The number of aliphatic hydroxyl groups excluding tert-OH is 4. The molecule has 190 valence electrons. The van der Waals surface area contributed by atoms with Gasteiger partial charge >= 0.3 is 5.97 Å². The molecule has 2 aromatic carbocycles. The molecule has 0 amide bonds. The average Bonchev–Trinajstić information content (AvgIpc) is 3.32. The molecule has 4 rings (SSSR count). The molecular formula is C25H29ClO9. The van der Waals surface area contributed by atoms with E-state index in [-0.39, 0.29) is 5.56 Å². The number of aliphatic carboxylic acids is 1. The molecule has 1 saturated heterocycles. The lowest BCUT2D eigenvalue weighted by Gasteiger charge is -2.45. The molecule has 0 spiro atoms. The van der Waals surface area contributed by atoms with E-state index in [1.807, 2.05) is 0 Å². The average molecular weight is 509 g/mol. The molecule has 1 saturated carbocycles. The maximum atomic E-state index is 11.7. The van der Waals surface area contributed by atoms with Crippen molar-refractivity contribution in [3.63, 3.8) is 0 Å². The first-order valence-electron chi connectivity index (χ1n) is 11.4. The maximum absolute atomic E-state index is 11.7. The van der Waals surface area contributed by atoms with Gasteiger partial charge in [-0.2, -0.15) is 0 Å². The number of carbonyl (C=O) groups is 1. The summed E-state index contributed by atoms with van der Waals surface area (Å²) in [6.45, 7) is -0.675. The first kappa shape index (κ1) is 25.8. The van der Waals surface area contributed by atoms with Crippen LogP contribution in [-0.4, -0.2) is 73.2 Å². The molecular weight excluding hydrogens is 480 g/mol. The fourth-order valence-electron chi connectivity index (χ4n) is 4.75. The monoisotopic (exact) mass is 508 g/mol. The zero-order chi connectivity index (χ0) is 25.4. The Labute approximate surface area is 207 Å². The van der Waals surface area contributed by atoms with Crippen molar-refractivity contribution in [1.29, 1.82) is 0 Å². The van der Waals surface area contributed by atoms with E-state index in [0.29, 0.717) is 35.6 Å². The molecule has 2 fully saturated rings. The Bertz CT molecular complexity index is 1050. The normalized spacial score (nSPS) is 30.2. The van der Waals surface area contributed by atoms with Crippen LogP contribution >= 0.6 is 11.6 Å². The second kappa shape index (κ2) is 10.0. The van der Waals surface area contributed by atoms with Gasteiger partial charge in [0.05, 0.1) is 6.61 Å². The highest BCUT2D eigenvalue weighted by atomic mass is 35.5. The van der Waals surface area contributed by atoms with Crippen LogP contribution in [0.2, 0.25) is 5.02 Å². The van der Waals surface area contributed by atoms with E-state index in [2.05, 4.69) is 0 Å². The van der Waals surface area contributed by atoms with Gasteiger partial charge in [0.1, 0.15) is 30.2 Å². The van der Waals surface area contributed by atoms with Gasteiger partial charge in [-0.25, -0.2) is 4.79 Å². The molecule has 2 aromatic rings. The number of carboxylic acid groups (broad SMARTS) is 1. The smallest absolute Gasteiger partial charge is 0.348 e. The van der Waals surface area contributed by atoms with Crippen LogP contribution in [0.25, 0.3) is 0 Å². The molecule has 5 atom stereocenters. The molecule has 0 radical (unpaired) electrons. The Balaban J connectivity index is 1.54. The van der Waals surface area contributed by atoms with E-state index < -0.39 is 48.4 Å². The molecule has 0 bridgehead atoms. The zero-order valence-corrected chi connectivity index (χ0v) is 19.6. The number of ether oxygens (including phenoxy) is 2. The molecule has 1 heterocycles. The third-order valence-corrected chi connectivity index (χ3v) is 7.23. The lowest BCUT2D eigenvalue weighted by molar-refractivity contribution is -0.357. The molecule has 2 aliphatic rings. The highest BCUT2D eigenvalue weighted by Gasteiger charge is 2.53. The van der Waals surface area contributed by atoms with Gasteiger partial charge in [0, 0.05) is 10.6 Å². The predicted octanol–water partition coefficient (Wildman–Crippen LogP) is 1.33. The van der Waals surface area contributed by atoms with Crippen LogP contribution in [0.15, 0.2) is 42.5 Å². The minimum Gasteiger partial charge on any atom is -0.478 e. The molecule has 35 heavy (non-hydrogen) atoms. The molecule has 10 heteroatoms. The largest absolute Gasteiger partial charge is 0.478 e. The summed E-state index contributed by atoms with van der Waals surface area (Å²) in [5.41, 5.74) is 0.312. The van der Waals surface area contributed by atoms with Gasteiger partial charge in [0.25, 0.3) is 0 Å².